The first-order chi connectivity index (χ1) is 11.9. The Morgan fingerprint density at radius 2 is 1.96 bits per heavy atom. The van der Waals surface area contributed by atoms with Crippen LogP contribution in [-0.4, -0.2) is 56.7 Å². The number of benzene rings is 1. The topological polar surface area (TPSA) is 129 Å². The van der Waals surface area contributed by atoms with Gasteiger partial charge in [0.25, 0.3) is 0 Å². The minimum atomic E-state index is -1.87. The van der Waals surface area contributed by atoms with E-state index in [4.69, 9.17) is 14.7 Å². The number of esters is 2. The van der Waals surface area contributed by atoms with Crippen LogP contribution in [0.3, 0.4) is 0 Å². The maximum atomic E-state index is 12.2. The van der Waals surface area contributed by atoms with Crippen molar-refractivity contribution in [3.05, 3.63) is 35.0 Å². The van der Waals surface area contributed by atoms with Crippen molar-refractivity contribution in [1.82, 2.24) is 0 Å². The molecule has 0 saturated carbocycles. The highest BCUT2D eigenvalue weighted by Crippen LogP contribution is 2.26. The summed E-state index contributed by atoms with van der Waals surface area (Å²) in [5, 5.41) is 28.3. The molecule has 1 aliphatic rings. The molecule has 0 fully saturated rings. The summed E-state index contributed by atoms with van der Waals surface area (Å²) in [6.45, 7) is -0.345. The van der Waals surface area contributed by atoms with E-state index in [1.165, 1.54) is 23.1 Å². The van der Waals surface area contributed by atoms with Crippen LogP contribution in [0.15, 0.2) is 29.5 Å². The Hall–Kier alpha value is -2.87. The van der Waals surface area contributed by atoms with Crippen molar-refractivity contribution in [3.8, 4) is 6.07 Å². The van der Waals surface area contributed by atoms with Crippen LogP contribution in [0.4, 0.5) is 5.69 Å². The van der Waals surface area contributed by atoms with Crippen LogP contribution in [0.5, 0.6) is 0 Å². The third kappa shape index (κ3) is 3.64. The lowest BCUT2D eigenvalue weighted by Gasteiger charge is -2.32. The quantitative estimate of drug-likeness (QED) is 0.501. The average molecular weight is 346 g/mol. The van der Waals surface area contributed by atoms with Gasteiger partial charge in [0.1, 0.15) is 12.4 Å². The molecule has 10 heteroatoms. The Bertz CT molecular complexity index is 770. The Morgan fingerprint density at radius 3 is 2.52 bits per heavy atom. The van der Waals surface area contributed by atoms with Gasteiger partial charge in [0.05, 0.1) is 38.0 Å². The van der Waals surface area contributed by atoms with Crippen molar-refractivity contribution < 1.29 is 33.8 Å². The number of hydrogen-bond donors (Lipinski definition) is 2. The molecule has 0 spiro atoms. The summed E-state index contributed by atoms with van der Waals surface area (Å²) in [5.41, 5.74) is 0.124. The maximum Gasteiger partial charge on any atom is 0.490 e. The number of carbonyl (C=O) groups is 2. The van der Waals surface area contributed by atoms with E-state index in [0.717, 1.165) is 14.2 Å². The van der Waals surface area contributed by atoms with Crippen molar-refractivity contribution in [2.24, 2.45) is 0 Å². The molecule has 25 heavy (non-hydrogen) atoms. The zero-order chi connectivity index (χ0) is 18.6. The van der Waals surface area contributed by atoms with E-state index in [9.17, 15) is 19.6 Å². The monoisotopic (exact) mass is 346 g/mol. The smallest absolute Gasteiger partial charge is 0.466 e. The van der Waals surface area contributed by atoms with Crippen molar-refractivity contribution >= 4 is 30.2 Å². The van der Waals surface area contributed by atoms with Gasteiger partial charge in [-0.2, -0.15) is 5.26 Å². The summed E-state index contributed by atoms with van der Waals surface area (Å²) in [6, 6.07) is 6.00. The summed E-state index contributed by atoms with van der Waals surface area (Å²) in [7, 11) is 0.429. The van der Waals surface area contributed by atoms with Crippen LogP contribution in [0.1, 0.15) is 5.56 Å². The van der Waals surface area contributed by atoms with Crippen LogP contribution < -0.4 is 10.4 Å². The van der Waals surface area contributed by atoms with Gasteiger partial charge >= 0.3 is 19.1 Å². The molecule has 1 aromatic rings. The lowest BCUT2D eigenvalue weighted by molar-refractivity contribution is -0.140. The second-order valence-electron chi connectivity index (χ2n) is 4.97. The standard InChI is InChI=1S/C15H15BN2O7/c1-23-14(19)10-7-25-8-18(13(10)15(20)24-2)12-5-9(6-17)3-4-11(12)16(21)22/h3-5,21-22H,7-8H2,1-2H3. The Labute approximate surface area is 143 Å². The number of ether oxygens (including phenoxy) is 3. The minimum absolute atomic E-state index is 0.0233. The summed E-state index contributed by atoms with van der Waals surface area (Å²) >= 11 is 0. The van der Waals surface area contributed by atoms with Crippen molar-refractivity contribution in [2.75, 3.05) is 32.5 Å². The minimum Gasteiger partial charge on any atom is -0.466 e. The summed E-state index contributed by atoms with van der Waals surface area (Å²) in [6.07, 6.45) is 0. The Morgan fingerprint density at radius 1 is 1.28 bits per heavy atom. The highest BCUT2D eigenvalue weighted by molar-refractivity contribution is 6.60. The fourth-order valence-corrected chi connectivity index (χ4v) is 2.40. The number of nitriles is 1. The fourth-order valence-electron chi connectivity index (χ4n) is 2.40. The molecule has 2 rings (SSSR count). The molecule has 0 aromatic heterocycles. The third-order valence-electron chi connectivity index (χ3n) is 3.56. The van der Waals surface area contributed by atoms with Crippen LogP contribution in [0.25, 0.3) is 0 Å². The zero-order valence-electron chi connectivity index (χ0n) is 13.6. The molecular formula is C15H15BN2O7. The number of rotatable bonds is 4. The largest absolute Gasteiger partial charge is 0.490 e. The molecular weight excluding hydrogens is 331 g/mol. The molecule has 0 radical (unpaired) electrons. The predicted molar refractivity (Wildman–Crippen MR) is 85.3 cm³/mol. The summed E-state index contributed by atoms with van der Waals surface area (Å²) < 4.78 is 14.7. The molecule has 0 atom stereocenters. The lowest BCUT2D eigenvalue weighted by Crippen LogP contribution is -2.43. The molecule has 1 aliphatic heterocycles. The zero-order valence-corrected chi connectivity index (χ0v) is 13.6. The highest BCUT2D eigenvalue weighted by Gasteiger charge is 2.34. The number of nitrogens with zero attached hydrogens (tertiary/aromatic N) is 2. The average Bonchev–Trinajstić information content (AvgIpc) is 2.65. The second-order valence-corrected chi connectivity index (χ2v) is 4.97. The van der Waals surface area contributed by atoms with E-state index in [0.29, 0.717) is 0 Å². The molecule has 9 nitrogen and oxygen atoms in total. The van der Waals surface area contributed by atoms with Gasteiger partial charge in [-0.05, 0) is 12.1 Å². The van der Waals surface area contributed by atoms with E-state index in [1.807, 2.05) is 6.07 Å². The number of anilines is 1. The molecule has 0 unspecified atom stereocenters. The first kappa shape index (κ1) is 18.5. The van der Waals surface area contributed by atoms with E-state index < -0.39 is 19.1 Å². The van der Waals surface area contributed by atoms with E-state index >= 15 is 0 Å². The first-order valence-corrected chi connectivity index (χ1v) is 7.09. The fraction of sp³-hybridized carbons (Fsp3) is 0.267. The molecule has 130 valence electrons. The number of carbonyl (C=O) groups excluding carboxylic acids is 2. The van der Waals surface area contributed by atoms with Gasteiger partial charge in [0, 0.05) is 11.2 Å². The molecule has 0 aliphatic carbocycles. The Balaban J connectivity index is 2.69. The molecule has 1 aromatic carbocycles. The van der Waals surface area contributed by atoms with Gasteiger partial charge < -0.3 is 29.2 Å². The van der Waals surface area contributed by atoms with Crippen molar-refractivity contribution in [1.29, 1.82) is 5.26 Å². The van der Waals surface area contributed by atoms with Gasteiger partial charge in [-0.1, -0.05) is 6.07 Å². The van der Waals surface area contributed by atoms with Gasteiger partial charge in [-0.15, -0.1) is 0 Å². The van der Waals surface area contributed by atoms with E-state index in [1.54, 1.807) is 0 Å². The second kappa shape index (κ2) is 7.80. The normalized spacial score (nSPS) is 14.0. The molecule has 1 heterocycles. The van der Waals surface area contributed by atoms with Crippen LogP contribution in [0, 0.1) is 11.3 Å². The molecule has 0 amide bonds. The van der Waals surface area contributed by atoms with Gasteiger partial charge in [-0.25, -0.2) is 9.59 Å². The molecule has 0 bridgehead atoms. The molecule has 0 saturated heterocycles. The van der Waals surface area contributed by atoms with Gasteiger partial charge in [0.2, 0.25) is 0 Å². The maximum absolute atomic E-state index is 12.2. The number of hydrogen-bond acceptors (Lipinski definition) is 9. The third-order valence-corrected chi connectivity index (χ3v) is 3.56. The van der Waals surface area contributed by atoms with E-state index in [2.05, 4.69) is 4.74 Å². The van der Waals surface area contributed by atoms with Crippen LogP contribution in [-0.2, 0) is 23.8 Å². The van der Waals surface area contributed by atoms with Crippen LogP contribution >= 0.6 is 0 Å². The first-order valence-electron chi connectivity index (χ1n) is 7.09. The van der Waals surface area contributed by atoms with E-state index in [-0.39, 0.29) is 41.3 Å². The SMILES string of the molecule is COC(=O)C1=C(C(=O)OC)N(c2cc(C#N)ccc2B(O)O)COC1. The highest BCUT2D eigenvalue weighted by atomic mass is 16.5. The predicted octanol–water partition coefficient (Wildman–Crippen LogP) is -1.37. The Kier molecular flexibility index (Phi) is 5.77. The van der Waals surface area contributed by atoms with Gasteiger partial charge in [-0.3, -0.25) is 0 Å². The van der Waals surface area contributed by atoms with Crippen molar-refractivity contribution in [3.63, 3.8) is 0 Å². The van der Waals surface area contributed by atoms with Crippen molar-refractivity contribution in [2.45, 2.75) is 0 Å². The summed E-state index contributed by atoms with van der Waals surface area (Å²) in [4.78, 5) is 25.4. The lowest BCUT2D eigenvalue weighted by atomic mass is 9.78. The molecule has 2 N–H and O–H groups in total. The number of methoxy groups -OCH3 is 2. The van der Waals surface area contributed by atoms with Crippen LogP contribution in [0.2, 0.25) is 0 Å². The summed E-state index contributed by atoms with van der Waals surface area (Å²) in [5.74, 6) is -1.61. The van der Waals surface area contributed by atoms with Gasteiger partial charge in [0.15, 0.2) is 0 Å².